The largest absolute Gasteiger partial charge is 0.309 e. The molecule has 2 heterocycles. The van der Waals surface area contributed by atoms with Crippen LogP contribution in [-0.2, 0) is 5.41 Å². The van der Waals surface area contributed by atoms with E-state index in [1.807, 2.05) is 11.8 Å². The highest BCUT2D eigenvalue weighted by atomic mass is 32.2. The molecule has 318 valence electrons. The van der Waals surface area contributed by atoms with Gasteiger partial charge in [-0.25, -0.2) is 0 Å². The Bertz CT molecular complexity index is 3890. The first-order valence-electron chi connectivity index (χ1n) is 23.4. The third-order valence-electron chi connectivity index (χ3n) is 14.4. The van der Waals surface area contributed by atoms with Crippen LogP contribution in [0.2, 0.25) is 0 Å². The van der Waals surface area contributed by atoms with Crippen LogP contribution in [-0.4, -0.2) is 4.57 Å². The van der Waals surface area contributed by atoms with Gasteiger partial charge in [0.25, 0.3) is 0 Å². The minimum atomic E-state index is -0.544. The molecule has 0 saturated heterocycles. The molecule has 1 atom stereocenters. The Kier molecular flexibility index (Phi) is 8.77. The summed E-state index contributed by atoms with van der Waals surface area (Å²) in [4.78, 5) is 5.06. The van der Waals surface area contributed by atoms with Crippen LogP contribution >= 0.6 is 11.8 Å². The van der Waals surface area contributed by atoms with Gasteiger partial charge in [0, 0.05) is 48.8 Å². The molecule has 0 bridgehead atoms. The van der Waals surface area contributed by atoms with E-state index in [9.17, 15) is 0 Å². The zero-order chi connectivity index (χ0) is 44.8. The first kappa shape index (κ1) is 38.9. The lowest BCUT2D eigenvalue weighted by atomic mass is 9.59. The summed E-state index contributed by atoms with van der Waals surface area (Å²) in [5, 5.41) is 5.05. The molecule has 11 aromatic carbocycles. The molecule has 0 amide bonds. The van der Waals surface area contributed by atoms with Gasteiger partial charge in [-0.1, -0.05) is 218 Å². The van der Waals surface area contributed by atoms with E-state index in [0.29, 0.717) is 0 Å². The molecule has 3 heteroatoms. The second kappa shape index (κ2) is 15.4. The normalized spacial score (nSPS) is 14.5. The first-order chi connectivity index (χ1) is 33.8. The lowest BCUT2D eigenvalue weighted by molar-refractivity contribution is 0.707. The summed E-state index contributed by atoms with van der Waals surface area (Å²) in [5.41, 5.74) is 18.8. The van der Waals surface area contributed by atoms with Crippen LogP contribution in [0.15, 0.2) is 265 Å². The summed E-state index contributed by atoms with van der Waals surface area (Å²) in [7, 11) is 0. The number of anilines is 3. The molecular formula is C65H42N2S. The smallest absolute Gasteiger partial charge is 0.0735 e. The van der Waals surface area contributed by atoms with E-state index in [2.05, 4.69) is 264 Å². The molecule has 2 aliphatic rings. The van der Waals surface area contributed by atoms with Crippen molar-refractivity contribution in [3.63, 3.8) is 0 Å². The van der Waals surface area contributed by atoms with Gasteiger partial charge >= 0.3 is 0 Å². The van der Waals surface area contributed by atoms with Gasteiger partial charge in [-0.2, -0.15) is 0 Å². The SMILES string of the molecule is c1ccc(-c2cccc(-c3ccccc3)c2N(c2ccc3c(c2)Sc2ccccc2C32c3ccccc3-c3cccc4cccc2c34)c2ccc3c4ccccc4n(-c4ccccc4)c3c2)cc1. The number of hydrogen-bond donors (Lipinski definition) is 0. The van der Waals surface area contributed by atoms with Crippen LogP contribution in [0.3, 0.4) is 0 Å². The molecule has 68 heavy (non-hydrogen) atoms. The molecule has 12 aromatic rings. The van der Waals surface area contributed by atoms with Crippen molar-refractivity contribution in [2.45, 2.75) is 15.2 Å². The van der Waals surface area contributed by atoms with E-state index in [-0.39, 0.29) is 0 Å². The van der Waals surface area contributed by atoms with Crippen molar-refractivity contribution in [1.82, 2.24) is 4.57 Å². The number of hydrogen-bond acceptors (Lipinski definition) is 2. The van der Waals surface area contributed by atoms with E-state index in [1.165, 1.54) is 70.2 Å². The quantitative estimate of drug-likeness (QED) is 0.164. The fourth-order valence-corrected chi connectivity index (χ4v) is 12.9. The number of nitrogens with zero attached hydrogens (tertiary/aromatic N) is 2. The number of aromatic nitrogens is 1. The molecule has 1 unspecified atom stereocenters. The second-order valence-electron chi connectivity index (χ2n) is 17.9. The Balaban J connectivity index is 1.09. The summed E-state index contributed by atoms with van der Waals surface area (Å²) in [6, 6.07) is 94.6. The highest BCUT2D eigenvalue weighted by Crippen LogP contribution is 2.62. The van der Waals surface area contributed by atoms with Crippen LogP contribution in [0.1, 0.15) is 22.3 Å². The van der Waals surface area contributed by atoms with Crippen LogP contribution in [0.5, 0.6) is 0 Å². The molecule has 1 aromatic heterocycles. The predicted molar refractivity (Wildman–Crippen MR) is 285 cm³/mol. The fourth-order valence-electron chi connectivity index (χ4n) is 11.7. The number of para-hydroxylation sites is 3. The van der Waals surface area contributed by atoms with E-state index in [0.717, 1.165) is 50.5 Å². The van der Waals surface area contributed by atoms with Gasteiger partial charge in [0.2, 0.25) is 0 Å². The van der Waals surface area contributed by atoms with Crippen molar-refractivity contribution in [3.8, 4) is 39.1 Å². The van der Waals surface area contributed by atoms with Gasteiger partial charge in [0.15, 0.2) is 0 Å². The van der Waals surface area contributed by atoms with Crippen LogP contribution in [0.25, 0.3) is 71.6 Å². The maximum atomic E-state index is 2.54. The predicted octanol–water partition coefficient (Wildman–Crippen LogP) is 17.6. The Morgan fingerprint density at radius 1 is 0.353 bits per heavy atom. The number of benzene rings is 11. The van der Waals surface area contributed by atoms with Crippen LogP contribution in [0, 0.1) is 0 Å². The molecule has 1 aliphatic heterocycles. The standard InChI is InChI=1S/C65H42N2S/c1-4-19-43(20-5-1)49-29-18-30-50(44-21-6-2-7-22-44)64(49)66(47-37-39-53-52-28-11-14-35-59(52)67(60(53)41-47)46-25-8-3-9-26-46)48-38-40-57-62(42-48)68-61-36-15-13-33-56(61)65(57)55-32-12-10-27-51(55)54-31-16-23-45-24-17-34-58(65)63(45)54/h1-42H. The fraction of sp³-hybridized carbons (Fsp3) is 0.0154. The highest BCUT2D eigenvalue weighted by molar-refractivity contribution is 7.99. The summed E-state index contributed by atoms with van der Waals surface area (Å²) >= 11 is 1.89. The molecule has 14 rings (SSSR count). The molecule has 2 nitrogen and oxygen atoms in total. The van der Waals surface area contributed by atoms with Gasteiger partial charge in [0.05, 0.1) is 22.1 Å². The van der Waals surface area contributed by atoms with Crippen molar-refractivity contribution >= 4 is 61.4 Å². The van der Waals surface area contributed by atoms with Gasteiger partial charge in [-0.3, -0.25) is 0 Å². The summed E-state index contributed by atoms with van der Waals surface area (Å²) in [5.74, 6) is 0. The average Bonchev–Trinajstić information content (AvgIpc) is 3.74. The van der Waals surface area contributed by atoms with E-state index >= 15 is 0 Å². The zero-order valence-electron chi connectivity index (χ0n) is 37.1. The second-order valence-corrected chi connectivity index (χ2v) is 19.0. The van der Waals surface area contributed by atoms with E-state index in [1.54, 1.807) is 0 Å². The van der Waals surface area contributed by atoms with Gasteiger partial charge < -0.3 is 9.47 Å². The molecule has 0 radical (unpaired) electrons. The van der Waals surface area contributed by atoms with Crippen LogP contribution in [0.4, 0.5) is 17.1 Å². The zero-order valence-corrected chi connectivity index (χ0v) is 37.9. The van der Waals surface area contributed by atoms with E-state index < -0.39 is 5.41 Å². The lowest BCUT2D eigenvalue weighted by Gasteiger charge is -2.46. The third-order valence-corrected chi connectivity index (χ3v) is 15.6. The van der Waals surface area contributed by atoms with Crippen molar-refractivity contribution < 1.29 is 0 Å². The molecule has 1 aliphatic carbocycles. The Hall–Kier alpha value is -8.37. The van der Waals surface area contributed by atoms with Crippen molar-refractivity contribution in [1.29, 1.82) is 0 Å². The Morgan fingerprint density at radius 3 is 1.68 bits per heavy atom. The maximum absolute atomic E-state index is 2.54. The molecule has 0 saturated carbocycles. The maximum Gasteiger partial charge on any atom is 0.0735 e. The molecule has 0 fully saturated rings. The summed E-state index contributed by atoms with van der Waals surface area (Å²) in [6.07, 6.45) is 0. The monoisotopic (exact) mass is 882 g/mol. The number of rotatable bonds is 6. The topological polar surface area (TPSA) is 8.17 Å². The number of fused-ring (bicyclic) bond motifs is 11. The molecule has 0 N–H and O–H groups in total. The van der Waals surface area contributed by atoms with Gasteiger partial charge in [-0.05, 0) is 104 Å². The highest BCUT2D eigenvalue weighted by Gasteiger charge is 2.48. The van der Waals surface area contributed by atoms with Crippen molar-refractivity contribution in [2.75, 3.05) is 4.90 Å². The van der Waals surface area contributed by atoms with Crippen molar-refractivity contribution in [3.05, 3.63) is 277 Å². The Labute approximate surface area is 400 Å². The molecular weight excluding hydrogens is 841 g/mol. The average molecular weight is 883 g/mol. The van der Waals surface area contributed by atoms with Crippen LogP contribution < -0.4 is 4.90 Å². The first-order valence-corrected chi connectivity index (χ1v) is 24.2. The van der Waals surface area contributed by atoms with Gasteiger partial charge in [0.1, 0.15) is 0 Å². The lowest BCUT2D eigenvalue weighted by Crippen LogP contribution is -2.36. The van der Waals surface area contributed by atoms with Gasteiger partial charge in [-0.15, -0.1) is 0 Å². The summed E-state index contributed by atoms with van der Waals surface area (Å²) < 4.78 is 2.43. The minimum absolute atomic E-state index is 0.544. The summed E-state index contributed by atoms with van der Waals surface area (Å²) in [6.45, 7) is 0. The minimum Gasteiger partial charge on any atom is -0.309 e. The molecule has 1 spiro atoms. The third kappa shape index (κ3) is 5.66. The van der Waals surface area contributed by atoms with Crippen molar-refractivity contribution in [2.24, 2.45) is 0 Å². The Morgan fingerprint density at radius 2 is 0.897 bits per heavy atom. The van der Waals surface area contributed by atoms with E-state index in [4.69, 9.17) is 0 Å².